The van der Waals surface area contributed by atoms with E-state index in [0.29, 0.717) is 6.54 Å². The van der Waals surface area contributed by atoms with Crippen molar-refractivity contribution >= 4 is 11.9 Å². The third-order valence-corrected chi connectivity index (χ3v) is 6.42. The molecule has 3 N–H and O–H groups in total. The molecule has 25 heavy (non-hydrogen) atoms. The van der Waals surface area contributed by atoms with Crippen LogP contribution in [0, 0.1) is 5.92 Å². The minimum absolute atomic E-state index is 0.0744. The summed E-state index contributed by atoms with van der Waals surface area (Å²) in [7, 11) is 0. The highest BCUT2D eigenvalue weighted by Gasteiger charge is 2.61. The summed E-state index contributed by atoms with van der Waals surface area (Å²) in [5.74, 6) is 0.399. The van der Waals surface area contributed by atoms with Gasteiger partial charge in [0, 0.05) is 30.5 Å². The molecule has 1 saturated carbocycles. The summed E-state index contributed by atoms with van der Waals surface area (Å²) in [4.78, 5) is 26.4. The monoisotopic (exact) mass is 341 g/mol. The number of nitrogens with zero attached hydrogens (tertiary/aromatic N) is 1. The Balaban J connectivity index is 1.51. The topological polar surface area (TPSA) is 75.4 Å². The summed E-state index contributed by atoms with van der Waals surface area (Å²) in [6, 6.07) is 8.23. The molecule has 1 spiro atoms. The molecule has 0 aromatic heterocycles. The van der Waals surface area contributed by atoms with Crippen LogP contribution in [0.15, 0.2) is 24.3 Å². The van der Waals surface area contributed by atoms with Crippen LogP contribution in [0.2, 0.25) is 0 Å². The number of aryl methyl sites for hydroxylation is 1. The molecule has 1 heterocycles. The molecule has 0 unspecified atom stereocenters. The molecule has 5 nitrogen and oxygen atoms in total. The van der Waals surface area contributed by atoms with Gasteiger partial charge in [0.05, 0.1) is 0 Å². The van der Waals surface area contributed by atoms with Crippen LogP contribution in [-0.2, 0) is 16.6 Å². The largest absolute Gasteiger partial charge is 0.352 e. The number of rotatable bonds is 3. The number of primary amides is 1. The van der Waals surface area contributed by atoms with Crippen LogP contribution in [0.25, 0.3) is 0 Å². The van der Waals surface area contributed by atoms with Crippen LogP contribution in [0.1, 0.15) is 49.7 Å². The van der Waals surface area contributed by atoms with Gasteiger partial charge in [0.25, 0.3) is 0 Å². The SMILES string of the molecule is NC(=O)NC[C@@H]1CCCCN1C(=O)[C@H]1C[C@]12CCCc1ccccc12. The average molecular weight is 341 g/mol. The fourth-order valence-corrected chi connectivity index (χ4v) is 5.08. The predicted octanol–water partition coefficient (Wildman–Crippen LogP) is 2.33. The highest BCUT2D eigenvalue weighted by atomic mass is 16.2. The molecule has 1 saturated heterocycles. The molecule has 4 rings (SSSR count). The van der Waals surface area contributed by atoms with Crippen molar-refractivity contribution in [2.24, 2.45) is 11.7 Å². The van der Waals surface area contributed by atoms with Gasteiger partial charge in [0.1, 0.15) is 0 Å². The van der Waals surface area contributed by atoms with Gasteiger partial charge in [-0.25, -0.2) is 4.79 Å². The van der Waals surface area contributed by atoms with E-state index < -0.39 is 6.03 Å². The molecule has 1 aromatic rings. The second kappa shape index (κ2) is 6.36. The number of hydrogen-bond donors (Lipinski definition) is 2. The Morgan fingerprint density at radius 3 is 2.92 bits per heavy atom. The predicted molar refractivity (Wildman–Crippen MR) is 96.1 cm³/mol. The van der Waals surface area contributed by atoms with Crippen LogP contribution in [0.5, 0.6) is 0 Å². The summed E-state index contributed by atoms with van der Waals surface area (Å²) >= 11 is 0. The Morgan fingerprint density at radius 2 is 2.08 bits per heavy atom. The minimum Gasteiger partial charge on any atom is -0.352 e. The van der Waals surface area contributed by atoms with E-state index in [1.54, 1.807) is 0 Å². The van der Waals surface area contributed by atoms with Crippen molar-refractivity contribution in [2.75, 3.05) is 13.1 Å². The number of nitrogens with two attached hydrogens (primary N) is 1. The number of piperidine rings is 1. The lowest BCUT2D eigenvalue weighted by Crippen LogP contribution is -2.51. The molecule has 3 atom stereocenters. The molecule has 134 valence electrons. The zero-order chi connectivity index (χ0) is 17.4. The number of hydrogen-bond acceptors (Lipinski definition) is 2. The zero-order valence-electron chi connectivity index (χ0n) is 14.7. The molecule has 0 bridgehead atoms. The van der Waals surface area contributed by atoms with Gasteiger partial charge < -0.3 is 16.0 Å². The maximum Gasteiger partial charge on any atom is 0.312 e. The van der Waals surface area contributed by atoms with Crippen molar-refractivity contribution < 1.29 is 9.59 Å². The third kappa shape index (κ3) is 2.90. The van der Waals surface area contributed by atoms with E-state index >= 15 is 0 Å². The molecular weight excluding hydrogens is 314 g/mol. The van der Waals surface area contributed by atoms with E-state index in [-0.39, 0.29) is 23.3 Å². The first-order chi connectivity index (χ1) is 12.1. The first-order valence-corrected chi connectivity index (χ1v) is 9.54. The number of carbonyl (C=O) groups excluding carboxylic acids is 2. The van der Waals surface area contributed by atoms with Crippen LogP contribution in [0.3, 0.4) is 0 Å². The summed E-state index contributed by atoms with van der Waals surface area (Å²) in [5, 5.41) is 2.69. The fourth-order valence-electron chi connectivity index (χ4n) is 5.08. The lowest BCUT2D eigenvalue weighted by molar-refractivity contribution is -0.136. The molecule has 5 heteroatoms. The van der Waals surface area contributed by atoms with E-state index in [4.69, 9.17) is 5.73 Å². The van der Waals surface area contributed by atoms with Crippen LogP contribution < -0.4 is 11.1 Å². The minimum atomic E-state index is -0.512. The molecule has 1 aliphatic heterocycles. The van der Waals surface area contributed by atoms with Crippen molar-refractivity contribution in [1.29, 1.82) is 0 Å². The van der Waals surface area contributed by atoms with Gasteiger partial charge in [-0.15, -0.1) is 0 Å². The Kier molecular flexibility index (Phi) is 4.18. The van der Waals surface area contributed by atoms with Crippen molar-refractivity contribution in [3.8, 4) is 0 Å². The Labute approximate surface area is 148 Å². The van der Waals surface area contributed by atoms with Crippen LogP contribution in [0.4, 0.5) is 4.79 Å². The molecule has 0 radical (unpaired) electrons. The molecule has 3 amide bonds. The first-order valence-electron chi connectivity index (χ1n) is 9.54. The smallest absolute Gasteiger partial charge is 0.312 e. The number of nitrogens with one attached hydrogen (secondary N) is 1. The Morgan fingerprint density at radius 1 is 1.24 bits per heavy atom. The van der Waals surface area contributed by atoms with Crippen molar-refractivity contribution in [1.82, 2.24) is 10.2 Å². The average Bonchev–Trinajstić information content (AvgIpc) is 3.34. The summed E-state index contributed by atoms with van der Waals surface area (Å²) in [6.45, 7) is 1.27. The Hall–Kier alpha value is -2.04. The maximum absolute atomic E-state index is 13.3. The molecular formula is C20H27N3O2. The van der Waals surface area contributed by atoms with E-state index in [9.17, 15) is 9.59 Å². The van der Waals surface area contributed by atoms with E-state index in [1.165, 1.54) is 17.5 Å². The highest BCUT2D eigenvalue weighted by Crippen LogP contribution is 2.61. The van der Waals surface area contributed by atoms with Crippen molar-refractivity contribution in [3.63, 3.8) is 0 Å². The van der Waals surface area contributed by atoms with Gasteiger partial charge in [-0.2, -0.15) is 0 Å². The maximum atomic E-state index is 13.3. The third-order valence-electron chi connectivity index (χ3n) is 6.42. The van der Waals surface area contributed by atoms with Gasteiger partial charge in [-0.05, 0) is 56.1 Å². The van der Waals surface area contributed by atoms with Crippen molar-refractivity contribution in [2.45, 2.75) is 56.4 Å². The van der Waals surface area contributed by atoms with Gasteiger partial charge in [-0.3, -0.25) is 4.79 Å². The summed E-state index contributed by atoms with van der Waals surface area (Å²) in [5.41, 5.74) is 8.12. The summed E-state index contributed by atoms with van der Waals surface area (Å²) < 4.78 is 0. The standard InChI is InChI=1S/C20H27N3O2/c21-19(25)22-13-15-8-3-4-11-23(15)18(24)17-12-20(17)10-5-7-14-6-1-2-9-16(14)20/h1-2,6,9,15,17H,3-5,7-8,10-13H2,(H3,21,22,25)/t15-,17+,20-/m0/s1. The highest BCUT2D eigenvalue weighted by molar-refractivity contribution is 5.85. The lowest BCUT2D eigenvalue weighted by atomic mass is 9.78. The second-order valence-electron chi connectivity index (χ2n) is 7.85. The van der Waals surface area contributed by atoms with Gasteiger partial charge in [0.2, 0.25) is 5.91 Å². The van der Waals surface area contributed by atoms with E-state index in [0.717, 1.165) is 45.1 Å². The molecule has 2 fully saturated rings. The lowest BCUT2D eigenvalue weighted by Gasteiger charge is -2.37. The van der Waals surface area contributed by atoms with Gasteiger partial charge in [-0.1, -0.05) is 24.3 Å². The van der Waals surface area contributed by atoms with Gasteiger partial charge >= 0.3 is 6.03 Å². The number of carbonyl (C=O) groups is 2. The fraction of sp³-hybridized carbons (Fsp3) is 0.600. The van der Waals surface area contributed by atoms with Crippen molar-refractivity contribution in [3.05, 3.63) is 35.4 Å². The van der Waals surface area contributed by atoms with Crippen LogP contribution in [-0.4, -0.2) is 36.0 Å². The summed E-state index contributed by atoms with van der Waals surface area (Å²) in [6.07, 6.45) is 7.51. The number of amides is 3. The Bertz CT molecular complexity index is 689. The number of fused-ring (bicyclic) bond motifs is 2. The quantitative estimate of drug-likeness (QED) is 0.885. The van der Waals surface area contributed by atoms with E-state index in [1.807, 2.05) is 4.90 Å². The number of likely N-dealkylation sites (tertiary alicyclic amines) is 1. The number of urea groups is 1. The first kappa shape index (κ1) is 16.4. The van der Waals surface area contributed by atoms with Crippen LogP contribution >= 0.6 is 0 Å². The zero-order valence-corrected chi connectivity index (χ0v) is 14.7. The second-order valence-corrected chi connectivity index (χ2v) is 7.85. The number of benzene rings is 1. The molecule has 3 aliphatic rings. The normalized spacial score (nSPS) is 30.6. The molecule has 2 aliphatic carbocycles. The van der Waals surface area contributed by atoms with E-state index in [2.05, 4.69) is 29.6 Å². The van der Waals surface area contributed by atoms with Gasteiger partial charge in [0.15, 0.2) is 0 Å². The molecule has 1 aromatic carbocycles.